The topological polar surface area (TPSA) is 123 Å². The molecule has 3 N–H and O–H groups in total. The minimum absolute atomic E-state index is 0.0273. The highest BCUT2D eigenvalue weighted by atomic mass is 16.5. The van der Waals surface area contributed by atoms with Crippen molar-refractivity contribution in [2.75, 3.05) is 13.2 Å². The van der Waals surface area contributed by atoms with Gasteiger partial charge in [-0.15, -0.1) is 0 Å². The lowest BCUT2D eigenvalue weighted by Crippen LogP contribution is -2.31. The highest BCUT2D eigenvalue weighted by Gasteiger charge is 2.28. The number of nitrogens with one attached hydrogen (secondary N) is 2. The quantitative estimate of drug-likeness (QED) is 0.487. The van der Waals surface area contributed by atoms with E-state index in [0.29, 0.717) is 5.69 Å². The molecule has 0 spiro atoms. The van der Waals surface area contributed by atoms with E-state index >= 15 is 0 Å². The molecule has 0 radical (unpaired) electrons. The number of amides is 2. The number of alkyl carbamates (subject to hydrolysis) is 1. The molecular weight excluding hydrogens is 424 g/mol. The van der Waals surface area contributed by atoms with E-state index in [-0.39, 0.29) is 43.6 Å². The molecule has 1 aliphatic rings. The maximum Gasteiger partial charge on any atom is 0.407 e. The van der Waals surface area contributed by atoms with Crippen LogP contribution in [0.4, 0.5) is 4.79 Å². The van der Waals surface area contributed by atoms with Crippen molar-refractivity contribution in [1.82, 2.24) is 20.4 Å². The molecular formula is C24H24N4O5. The van der Waals surface area contributed by atoms with E-state index in [1.54, 1.807) is 0 Å². The lowest BCUT2D eigenvalue weighted by molar-refractivity contribution is -0.121. The molecule has 2 amide bonds. The van der Waals surface area contributed by atoms with Crippen LogP contribution in [-0.4, -0.2) is 46.0 Å². The van der Waals surface area contributed by atoms with Crippen molar-refractivity contribution in [2.45, 2.75) is 18.9 Å². The minimum Gasteiger partial charge on any atom is -0.477 e. The minimum atomic E-state index is -1.09. The third-order valence-electron chi connectivity index (χ3n) is 5.58. The maximum absolute atomic E-state index is 12.2. The summed E-state index contributed by atoms with van der Waals surface area (Å²) in [6.45, 7) is 0.424. The average molecular weight is 448 g/mol. The summed E-state index contributed by atoms with van der Waals surface area (Å²) in [6, 6.07) is 17.6. The fraction of sp³-hybridized carbons (Fsp3) is 0.250. The highest BCUT2D eigenvalue weighted by Crippen LogP contribution is 2.44. The largest absolute Gasteiger partial charge is 0.477 e. The van der Waals surface area contributed by atoms with Gasteiger partial charge in [-0.2, -0.15) is 5.10 Å². The molecule has 0 saturated heterocycles. The molecule has 0 bridgehead atoms. The first-order chi connectivity index (χ1) is 15.9. The normalized spacial score (nSPS) is 12.0. The molecule has 170 valence electrons. The Balaban J connectivity index is 1.22. The Morgan fingerprint density at radius 1 is 1.03 bits per heavy atom. The number of nitrogens with zero attached hydrogens (tertiary/aromatic N) is 2. The fourth-order valence-electron chi connectivity index (χ4n) is 4.02. The number of carbonyl (C=O) groups excluding carboxylic acids is 2. The summed E-state index contributed by atoms with van der Waals surface area (Å²) in [5, 5.41) is 18.3. The molecule has 0 atom stereocenters. The second kappa shape index (κ2) is 9.56. The molecule has 0 fully saturated rings. The first kappa shape index (κ1) is 22.1. The predicted molar refractivity (Wildman–Crippen MR) is 120 cm³/mol. The lowest BCUT2D eigenvalue weighted by atomic mass is 9.98. The van der Waals surface area contributed by atoms with Crippen molar-refractivity contribution in [3.63, 3.8) is 0 Å². The third kappa shape index (κ3) is 4.87. The van der Waals surface area contributed by atoms with Crippen molar-refractivity contribution in [3.8, 4) is 11.1 Å². The van der Waals surface area contributed by atoms with Crippen LogP contribution < -0.4 is 10.6 Å². The summed E-state index contributed by atoms with van der Waals surface area (Å²) < 4.78 is 6.68. The third-order valence-corrected chi connectivity index (χ3v) is 5.58. The van der Waals surface area contributed by atoms with Gasteiger partial charge in [0.05, 0.1) is 12.2 Å². The lowest BCUT2D eigenvalue weighted by Gasteiger charge is -2.14. The smallest absolute Gasteiger partial charge is 0.407 e. The van der Waals surface area contributed by atoms with E-state index in [0.717, 1.165) is 22.3 Å². The van der Waals surface area contributed by atoms with Crippen molar-refractivity contribution in [3.05, 3.63) is 77.1 Å². The van der Waals surface area contributed by atoms with Gasteiger partial charge < -0.3 is 20.5 Å². The number of carboxylic acid groups (broad SMARTS) is 1. The van der Waals surface area contributed by atoms with Crippen LogP contribution in [0.15, 0.2) is 54.6 Å². The van der Waals surface area contributed by atoms with Crippen LogP contribution in [0.1, 0.15) is 39.6 Å². The van der Waals surface area contributed by atoms with Crippen molar-refractivity contribution < 1.29 is 24.2 Å². The Kier molecular flexibility index (Phi) is 6.39. The van der Waals surface area contributed by atoms with Crippen molar-refractivity contribution in [1.29, 1.82) is 0 Å². The first-order valence-electron chi connectivity index (χ1n) is 10.6. The summed E-state index contributed by atoms with van der Waals surface area (Å²) in [6.07, 6.45) is -0.525. The number of aryl methyl sites for hydroxylation is 1. The van der Waals surface area contributed by atoms with Gasteiger partial charge >= 0.3 is 12.1 Å². The van der Waals surface area contributed by atoms with Crippen molar-refractivity contribution >= 4 is 18.0 Å². The molecule has 9 nitrogen and oxygen atoms in total. The summed E-state index contributed by atoms with van der Waals surface area (Å²) in [4.78, 5) is 35.2. The van der Waals surface area contributed by atoms with Crippen LogP contribution in [0, 0.1) is 0 Å². The molecule has 3 aromatic rings. The van der Waals surface area contributed by atoms with Crippen LogP contribution in [0.2, 0.25) is 0 Å². The molecule has 0 saturated carbocycles. The van der Waals surface area contributed by atoms with Crippen molar-refractivity contribution in [2.24, 2.45) is 7.05 Å². The van der Waals surface area contributed by atoms with Gasteiger partial charge in [-0.25, -0.2) is 9.59 Å². The van der Waals surface area contributed by atoms with Crippen LogP contribution in [0.25, 0.3) is 11.1 Å². The van der Waals surface area contributed by atoms with E-state index in [2.05, 4.69) is 27.9 Å². The number of ether oxygens (including phenoxy) is 1. The van der Waals surface area contributed by atoms with E-state index in [9.17, 15) is 14.4 Å². The first-order valence-corrected chi connectivity index (χ1v) is 10.6. The molecule has 1 aliphatic carbocycles. The van der Waals surface area contributed by atoms with Gasteiger partial charge in [0.2, 0.25) is 5.91 Å². The summed E-state index contributed by atoms with van der Waals surface area (Å²) in [5.41, 5.74) is 5.05. The molecule has 0 aliphatic heterocycles. The number of fused-ring (bicyclic) bond motifs is 3. The summed E-state index contributed by atoms with van der Waals surface area (Å²) >= 11 is 0. The summed E-state index contributed by atoms with van der Waals surface area (Å²) in [5.74, 6) is -1.41. The van der Waals surface area contributed by atoms with Gasteiger partial charge in [0.15, 0.2) is 0 Å². The van der Waals surface area contributed by atoms with Gasteiger partial charge in [0.25, 0.3) is 0 Å². The molecule has 4 rings (SSSR count). The second-order valence-electron chi connectivity index (χ2n) is 7.73. The molecule has 33 heavy (non-hydrogen) atoms. The Labute approximate surface area is 190 Å². The van der Waals surface area contributed by atoms with Crippen LogP contribution in [0.3, 0.4) is 0 Å². The number of carboxylic acids is 1. The zero-order valence-corrected chi connectivity index (χ0v) is 18.1. The van der Waals surface area contributed by atoms with Crippen LogP contribution >= 0.6 is 0 Å². The molecule has 2 aromatic carbocycles. The van der Waals surface area contributed by atoms with Gasteiger partial charge in [-0.3, -0.25) is 9.48 Å². The molecule has 9 heteroatoms. The zero-order valence-electron chi connectivity index (χ0n) is 18.1. The molecule has 0 unspecified atom stereocenters. The van der Waals surface area contributed by atoms with Gasteiger partial charge in [0, 0.05) is 25.9 Å². The summed E-state index contributed by atoms with van der Waals surface area (Å²) in [7, 11) is 1.52. The fourth-order valence-corrected chi connectivity index (χ4v) is 4.02. The Morgan fingerprint density at radius 2 is 1.67 bits per heavy atom. The van der Waals surface area contributed by atoms with Gasteiger partial charge in [-0.1, -0.05) is 48.5 Å². The number of benzene rings is 2. The number of aromatic carboxylic acids is 1. The maximum atomic E-state index is 12.2. The second-order valence-corrected chi connectivity index (χ2v) is 7.73. The van der Waals surface area contributed by atoms with E-state index in [1.807, 2.05) is 36.4 Å². The monoisotopic (exact) mass is 448 g/mol. The Hall–Kier alpha value is -4.14. The van der Waals surface area contributed by atoms with E-state index < -0.39 is 12.1 Å². The standard InChI is InChI=1S/C24H24N4O5/c1-28-21(23(30)31)12-15(27-28)13-26-22(29)10-11-25-24(32)33-14-20-18-8-4-2-6-16(18)17-7-3-5-9-19(17)20/h2-9,12,20H,10-11,13-14H2,1H3,(H,25,32)(H,26,29)(H,30,31). The number of aromatic nitrogens is 2. The van der Waals surface area contributed by atoms with Crippen LogP contribution in [-0.2, 0) is 23.1 Å². The molecule has 1 heterocycles. The number of rotatable bonds is 8. The van der Waals surface area contributed by atoms with Crippen LogP contribution in [0.5, 0.6) is 0 Å². The average Bonchev–Trinajstić information content (AvgIpc) is 3.34. The number of hydrogen-bond acceptors (Lipinski definition) is 5. The zero-order chi connectivity index (χ0) is 23.4. The van der Waals surface area contributed by atoms with Gasteiger partial charge in [-0.05, 0) is 28.3 Å². The molecule has 1 aromatic heterocycles. The van der Waals surface area contributed by atoms with E-state index in [1.165, 1.54) is 17.8 Å². The number of carbonyl (C=O) groups is 3. The van der Waals surface area contributed by atoms with Gasteiger partial charge in [0.1, 0.15) is 12.3 Å². The van der Waals surface area contributed by atoms with E-state index in [4.69, 9.17) is 9.84 Å². The Morgan fingerprint density at radius 3 is 2.27 bits per heavy atom. The predicted octanol–water partition coefficient (Wildman–Crippen LogP) is 2.66. The Bertz CT molecular complexity index is 1160. The SMILES string of the molecule is Cn1nc(CNC(=O)CCNC(=O)OCC2c3ccccc3-c3ccccc32)cc1C(=O)O. The highest BCUT2D eigenvalue weighted by molar-refractivity contribution is 5.85. The number of hydrogen-bond donors (Lipinski definition) is 3.